The number of aromatic nitrogens is 4. The van der Waals surface area contributed by atoms with E-state index in [2.05, 4.69) is 30.8 Å². The number of rotatable bonds is 5. The monoisotopic (exact) mass is 258 g/mol. The normalized spacial score (nSPS) is 10.8. The van der Waals surface area contributed by atoms with Crippen LogP contribution in [0.25, 0.3) is 11.0 Å². The molecule has 0 aromatic carbocycles. The number of hydrogen-bond acceptors (Lipinski definition) is 6. The number of aromatic amines is 1. The SMILES string of the molecule is CNc1nc(NCCc2ccco2)c2cn[nH]c2n1. The van der Waals surface area contributed by atoms with Gasteiger partial charge in [0.2, 0.25) is 5.95 Å². The van der Waals surface area contributed by atoms with Crippen LogP contribution in [0.1, 0.15) is 5.76 Å². The largest absolute Gasteiger partial charge is 0.469 e. The minimum Gasteiger partial charge on any atom is -0.469 e. The fourth-order valence-corrected chi connectivity index (χ4v) is 1.84. The molecule has 0 aliphatic rings. The van der Waals surface area contributed by atoms with E-state index in [9.17, 15) is 0 Å². The van der Waals surface area contributed by atoms with E-state index in [-0.39, 0.29) is 0 Å². The van der Waals surface area contributed by atoms with Gasteiger partial charge in [0.05, 0.1) is 17.8 Å². The minimum atomic E-state index is 0.553. The van der Waals surface area contributed by atoms with Gasteiger partial charge < -0.3 is 15.1 Å². The Kier molecular flexibility index (Phi) is 3.01. The maximum absolute atomic E-state index is 5.29. The van der Waals surface area contributed by atoms with Gasteiger partial charge in [0, 0.05) is 20.0 Å². The summed E-state index contributed by atoms with van der Waals surface area (Å²) in [6, 6.07) is 3.83. The summed E-state index contributed by atoms with van der Waals surface area (Å²) in [5.74, 6) is 2.26. The summed E-state index contributed by atoms with van der Waals surface area (Å²) in [4.78, 5) is 8.66. The molecule has 7 nitrogen and oxygen atoms in total. The molecule has 0 bridgehead atoms. The van der Waals surface area contributed by atoms with Crippen LogP contribution in [-0.2, 0) is 6.42 Å². The van der Waals surface area contributed by atoms with Gasteiger partial charge in [-0.25, -0.2) is 0 Å². The lowest BCUT2D eigenvalue weighted by Gasteiger charge is -2.07. The highest BCUT2D eigenvalue weighted by Crippen LogP contribution is 2.19. The van der Waals surface area contributed by atoms with Gasteiger partial charge in [-0.3, -0.25) is 5.10 Å². The van der Waals surface area contributed by atoms with E-state index in [1.807, 2.05) is 12.1 Å². The number of furan rings is 1. The molecule has 0 unspecified atom stereocenters. The van der Waals surface area contributed by atoms with Crippen LogP contribution in [0, 0.1) is 0 Å². The molecule has 0 fully saturated rings. The summed E-state index contributed by atoms with van der Waals surface area (Å²) in [6.07, 6.45) is 4.18. The molecule has 0 saturated carbocycles. The lowest BCUT2D eigenvalue weighted by atomic mass is 10.3. The summed E-state index contributed by atoms with van der Waals surface area (Å²) in [7, 11) is 1.78. The molecule has 0 spiro atoms. The highest BCUT2D eigenvalue weighted by molar-refractivity contribution is 5.86. The smallest absolute Gasteiger partial charge is 0.226 e. The van der Waals surface area contributed by atoms with Crippen LogP contribution in [0.15, 0.2) is 29.0 Å². The number of anilines is 2. The van der Waals surface area contributed by atoms with Gasteiger partial charge in [-0.05, 0) is 12.1 Å². The van der Waals surface area contributed by atoms with Crippen molar-refractivity contribution in [1.82, 2.24) is 20.2 Å². The standard InChI is InChI=1S/C12H14N6O/c1-13-12-16-10(9-7-15-18-11(9)17-12)14-5-4-8-3-2-6-19-8/h2-3,6-7H,4-5H2,1H3,(H3,13,14,15,16,17,18). The third-order valence-electron chi connectivity index (χ3n) is 2.78. The molecule has 0 aliphatic carbocycles. The first-order chi connectivity index (χ1) is 9.36. The first-order valence-corrected chi connectivity index (χ1v) is 6.02. The number of fused-ring (bicyclic) bond motifs is 1. The Morgan fingerprint density at radius 1 is 1.37 bits per heavy atom. The number of nitrogens with one attached hydrogen (secondary N) is 3. The van der Waals surface area contributed by atoms with Gasteiger partial charge in [0.15, 0.2) is 5.65 Å². The molecule has 19 heavy (non-hydrogen) atoms. The quantitative estimate of drug-likeness (QED) is 0.644. The predicted octanol–water partition coefficient (Wildman–Crippen LogP) is 1.64. The van der Waals surface area contributed by atoms with Crippen LogP contribution in [0.2, 0.25) is 0 Å². The van der Waals surface area contributed by atoms with Gasteiger partial charge in [-0.1, -0.05) is 0 Å². The Labute approximate surface area is 109 Å². The van der Waals surface area contributed by atoms with Crippen molar-refractivity contribution in [1.29, 1.82) is 0 Å². The van der Waals surface area contributed by atoms with Crippen molar-refractivity contribution in [3.8, 4) is 0 Å². The second kappa shape index (κ2) is 4.97. The Balaban J connectivity index is 1.77. The molecule has 3 heterocycles. The van der Waals surface area contributed by atoms with E-state index >= 15 is 0 Å². The van der Waals surface area contributed by atoms with Crippen molar-refractivity contribution < 1.29 is 4.42 Å². The second-order valence-electron chi connectivity index (χ2n) is 4.03. The summed E-state index contributed by atoms with van der Waals surface area (Å²) in [6.45, 7) is 0.730. The molecule has 3 N–H and O–H groups in total. The van der Waals surface area contributed by atoms with E-state index in [0.717, 1.165) is 29.9 Å². The van der Waals surface area contributed by atoms with Crippen molar-refractivity contribution in [3.05, 3.63) is 30.4 Å². The summed E-state index contributed by atoms with van der Waals surface area (Å²) < 4.78 is 5.29. The van der Waals surface area contributed by atoms with Gasteiger partial charge in [0.25, 0.3) is 0 Å². The molecule has 0 amide bonds. The molecular weight excluding hydrogens is 244 g/mol. The lowest BCUT2D eigenvalue weighted by molar-refractivity contribution is 0.513. The van der Waals surface area contributed by atoms with Gasteiger partial charge >= 0.3 is 0 Å². The molecule has 0 radical (unpaired) electrons. The summed E-state index contributed by atoms with van der Waals surface area (Å²) in [5.41, 5.74) is 0.708. The van der Waals surface area contributed by atoms with Crippen molar-refractivity contribution >= 4 is 22.8 Å². The van der Waals surface area contributed by atoms with Gasteiger partial charge in [0.1, 0.15) is 11.6 Å². The van der Waals surface area contributed by atoms with Crippen LogP contribution in [0.4, 0.5) is 11.8 Å². The van der Waals surface area contributed by atoms with Crippen LogP contribution in [0.3, 0.4) is 0 Å². The maximum Gasteiger partial charge on any atom is 0.226 e. The Bertz CT molecular complexity index is 660. The summed E-state index contributed by atoms with van der Waals surface area (Å²) >= 11 is 0. The molecule has 0 saturated heterocycles. The molecule has 98 valence electrons. The second-order valence-corrected chi connectivity index (χ2v) is 4.03. The highest BCUT2D eigenvalue weighted by atomic mass is 16.3. The molecule has 0 aliphatic heterocycles. The first kappa shape index (κ1) is 11.5. The third-order valence-corrected chi connectivity index (χ3v) is 2.78. The van der Waals surface area contributed by atoms with Gasteiger partial charge in [-0.15, -0.1) is 0 Å². The van der Waals surface area contributed by atoms with E-state index in [4.69, 9.17) is 4.42 Å². The number of H-pyrrole nitrogens is 1. The van der Waals surface area contributed by atoms with E-state index in [1.54, 1.807) is 19.5 Å². The fraction of sp³-hybridized carbons (Fsp3) is 0.250. The van der Waals surface area contributed by atoms with E-state index < -0.39 is 0 Å². The molecule has 3 rings (SSSR count). The van der Waals surface area contributed by atoms with Crippen molar-refractivity contribution in [2.45, 2.75) is 6.42 Å². The number of hydrogen-bond donors (Lipinski definition) is 3. The maximum atomic E-state index is 5.29. The van der Waals surface area contributed by atoms with Crippen molar-refractivity contribution in [2.24, 2.45) is 0 Å². The number of nitrogens with zero attached hydrogens (tertiary/aromatic N) is 3. The van der Waals surface area contributed by atoms with Gasteiger partial charge in [-0.2, -0.15) is 15.1 Å². The fourth-order valence-electron chi connectivity index (χ4n) is 1.84. The average molecular weight is 258 g/mol. The van der Waals surface area contributed by atoms with E-state index in [0.29, 0.717) is 11.6 Å². The summed E-state index contributed by atoms with van der Waals surface area (Å²) in [5, 5.41) is 13.9. The van der Waals surface area contributed by atoms with Crippen molar-refractivity contribution in [3.63, 3.8) is 0 Å². The first-order valence-electron chi connectivity index (χ1n) is 6.02. The zero-order chi connectivity index (χ0) is 13.1. The molecule has 0 atom stereocenters. The molecule has 3 aromatic heterocycles. The minimum absolute atomic E-state index is 0.553. The topological polar surface area (TPSA) is 91.7 Å². The van der Waals surface area contributed by atoms with Crippen molar-refractivity contribution in [2.75, 3.05) is 24.2 Å². The van der Waals surface area contributed by atoms with E-state index in [1.165, 1.54) is 0 Å². The molecule has 3 aromatic rings. The zero-order valence-corrected chi connectivity index (χ0v) is 10.5. The van der Waals surface area contributed by atoms with Crippen LogP contribution in [0.5, 0.6) is 0 Å². The lowest BCUT2D eigenvalue weighted by Crippen LogP contribution is -2.08. The Morgan fingerprint density at radius 2 is 2.32 bits per heavy atom. The van der Waals surface area contributed by atoms with Crippen LogP contribution >= 0.6 is 0 Å². The van der Waals surface area contributed by atoms with Crippen LogP contribution in [-0.4, -0.2) is 33.8 Å². The molecule has 7 heteroatoms. The Morgan fingerprint density at radius 3 is 3.11 bits per heavy atom. The molecular formula is C12H14N6O. The van der Waals surface area contributed by atoms with Crippen LogP contribution < -0.4 is 10.6 Å². The Hall–Kier alpha value is -2.57. The highest BCUT2D eigenvalue weighted by Gasteiger charge is 2.08. The zero-order valence-electron chi connectivity index (χ0n) is 10.5. The third kappa shape index (κ3) is 2.35. The predicted molar refractivity (Wildman–Crippen MR) is 72.1 cm³/mol. The average Bonchev–Trinajstić information content (AvgIpc) is 3.08.